The Kier molecular flexibility index (Phi) is 9.53. The van der Waals surface area contributed by atoms with Crippen molar-refractivity contribution in [3.05, 3.63) is 12.2 Å². The molecule has 6 heteroatoms. The first-order valence-electron chi connectivity index (χ1n) is 7.38. The van der Waals surface area contributed by atoms with Crippen LogP contribution in [-0.2, 0) is 19.6 Å². The standard InChI is InChI=1S/C7H12.C5H8O2.C3H9NO2S/c1-2-7-4-3-6(1)5-7;1-4(2)5(6)7-3;1-3-4-7(2,5)6/h6-7H,1-5H2;1H2,2-3H3;4H,3H2,1-2H3. The molecule has 1 N–H and O–H groups in total. The lowest BCUT2D eigenvalue weighted by Crippen LogP contribution is -2.20. The first kappa shape index (κ1) is 20.1. The molecule has 124 valence electrons. The minimum absolute atomic E-state index is 0.347. The van der Waals surface area contributed by atoms with E-state index in [0.29, 0.717) is 12.1 Å². The summed E-state index contributed by atoms with van der Waals surface area (Å²) in [6, 6.07) is 0. The fraction of sp³-hybridized carbons (Fsp3) is 0.800. The van der Waals surface area contributed by atoms with Gasteiger partial charge in [0, 0.05) is 12.1 Å². The van der Waals surface area contributed by atoms with Gasteiger partial charge in [-0.15, -0.1) is 0 Å². The zero-order valence-electron chi connectivity index (χ0n) is 13.6. The number of hydrogen-bond acceptors (Lipinski definition) is 4. The van der Waals surface area contributed by atoms with E-state index < -0.39 is 10.0 Å². The fourth-order valence-corrected chi connectivity index (χ4v) is 3.14. The molecule has 2 rings (SSSR count). The Morgan fingerprint density at radius 3 is 1.71 bits per heavy atom. The van der Waals surface area contributed by atoms with Gasteiger partial charge in [-0.1, -0.05) is 39.2 Å². The number of nitrogens with one attached hydrogen (secondary N) is 1. The van der Waals surface area contributed by atoms with Crippen LogP contribution in [0.1, 0.15) is 46.0 Å². The van der Waals surface area contributed by atoms with Gasteiger partial charge >= 0.3 is 5.97 Å². The summed E-state index contributed by atoms with van der Waals surface area (Å²) in [6.07, 6.45) is 8.96. The van der Waals surface area contributed by atoms with Gasteiger partial charge in [-0.25, -0.2) is 17.9 Å². The Bertz CT molecular complexity index is 413. The minimum Gasteiger partial charge on any atom is -0.466 e. The number of esters is 1. The summed E-state index contributed by atoms with van der Waals surface area (Å²) in [5.41, 5.74) is 0.433. The van der Waals surface area contributed by atoms with Gasteiger partial charge in [0.05, 0.1) is 13.4 Å². The molecular weight excluding hydrogens is 290 g/mol. The van der Waals surface area contributed by atoms with Crippen molar-refractivity contribution in [3.8, 4) is 0 Å². The van der Waals surface area contributed by atoms with Gasteiger partial charge in [0.2, 0.25) is 10.0 Å². The van der Waals surface area contributed by atoms with Crippen LogP contribution in [0.25, 0.3) is 0 Å². The molecule has 21 heavy (non-hydrogen) atoms. The number of hydrogen-bond donors (Lipinski definition) is 1. The van der Waals surface area contributed by atoms with E-state index in [1.165, 1.54) is 18.9 Å². The van der Waals surface area contributed by atoms with Crippen molar-refractivity contribution in [3.63, 3.8) is 0 Å². The maximum Gasteiger partial charge on any atom is 0.332 e. The predicted molar refractivity (Wildman–Crippen MR) is 85.4 cm³/mol. The Labute approximate surface area is 129 Å². The predicted octanol–water partition coefficient (Wildman–Crippen LogP) is 2.49. The molecular formula is C15H29NO4S. The van der Waals surface area contributed by atoms with E-state index >= 15 is 0 Å². The Hall–Kier alpha value is -0.880. The molecule has 0 atom stereocenters. The molecule has 0 spiro atoms. The summed E-state index contributed by atoms with van der Waals surface area (Å²) in [5.74, 6) is 2.00. The van der Waals surface area contributed by atoms with Gasteiger partial charge in [0.25, 0.3) is 0 Å². The quantitative estimate of drug-likeness (QED) is 0.641. The van der Waals surface area contributed by atoms with Gasteiger partial charge < -0.3 is 4.74 Å². The van der Waals surface area contributed by atoms with E-state index in [9.17, 15) is 13.2 Å². The number of rotatable bonds is 3. The second kappa shape index (κ2) is 9.95. The van der Waals surface area contributed by atoms with Crippen molar-refractivity contribution in [1.29, 1.82) is 0 Å². The molecule has 0 aliphatic heterocycles. The van der Waals surface area contributed by atoms with E-state index in [0.717, 1.165) is 6.26 Å². The van der Waals surface area contributed by atoms with Crippen LogP contribution in [0.3, 0.4) is 0 Å². The molecule has 2 saturated carbocycles. The van der Waals surface area contributed by atoms with Crippen molar-refractivity contribution < 1.29 is 17.9 Å². The van der Waals surface area contributed by atoms with Crippen molar-refractivity contribution in [1.82, 2.24) is 4.72 Å². The zero-order chi connectivity index (χ0) is 16.5. The topological polar surface area (TPSA) is 72.5 Å². The summed E-state index contributed by atoms with van der Waals surface area (Å²) in [6.45, 7) is 7.16. The molecule has 0 aromatic heterocycles. The summed E-state index contributed by atoms with van der Waals surface area (Å²) in [5, 5.41) is 0. The number of methoxy groups -OCH3 is 1. The van der Waals surface area contributed by atoms with Gasteiger partial charge in [0.1, 0.15) is 0 Å². The van der Waals surface area contributed by atoms with E-state index in [1.807, 2.05) is 0 Å². The smallest absolute Gasteiger partial charge is 0.332 e. The van der Waals surface area contributed by atoms with Gasteiger partial charge in [-0.05, 0) is 25.2 Å². The SMILES string of the molecule is C1CC2CCC1C2.C=C(C)C(=O)OC.CCNS(C)(=O)=O. The third-order valence-corrected chi connectivity index (χ3v) is 4.39. The first-order chi connectivity index (χ1) is 9.69. The second-order valence-electron chi connectivity index (χ2n) is 5.66. The Morgan fingerprint density at radius 1 is 1.24 bits per heavy atom. The van der Waals surface area contributed by atoms with Gasteiger partial charge in [-0.3, -0.25) is 0 Å². The number of carbonyl (C=O) groups excluding carboxylic acids is 1. The Balaban J connectivity index is 0.000000286. The number of sulfonamides is 1. The van der Waals surface area contributed by atoms with E-state index in [4.69, 9.17) is 0 Å². The Morgan fingerprint density at radius 2 is 1.67 bits per heavy atom. The normalized spacial score (nSPS) is 22.5. The number of fused-ring (bicyclic) bond motifs is 2. The molecule has 0 amide bonds. The molecule has 2 bridgehead atoms. The van der Waals surface area contributed by atoms with Crippen LogP contribution < -0.4 is 4.72 Å². The van der Waals surface area contributed by atoms with Crippen LogP contribution >= 0.6 is 0 Å². The first-order valence-corrected chi connectivity index (χ1v) is 9.27. The third kappa shape index (κ3) is 10.5. The van der Waals surface area contributed by atoms with E-state index in [-0.39, 0.29) is 5.97 Å². The molecule has 0 radical (unpaired) electrons. The van der Waals surface area contributed by atoms with Crippen molar-refractivity contribution in [2.75, 3.05) is 19.9 Å². The van der Waals surface area contributed by atoms with Gasteiger partial charge in [-0.2, -0.15) is 0 Å². The lowest BCUT2D eigenvalue weighted by Gasteiger charge is -2.05. The fourth-order valence-electron chi connectivity index (χ4n) is 2.61. The van der Waals surface area contributed by atoms with E-state index in [2.05, 4.69) is 16.0 Å². The summed E-state index contributed by atoms with van der Waals surface area (Å²) in [7, 11) is -1.59. The maximum atomic E-state index is 10.2. The molecule has 0 saturated heterocycles. The minimum atomic E-state index is -2.92. The summed E-state index contributed by atoms with van der Waals surface area (Å²) < 4.78 is 26.8. The lowest BCUT2D eigenvalue weighted by molar-refractivity contribution is -0.136. The molecule has 0 heterocycles. The molecule has 0 unspecified atom stereocenters. The average molecular weight is 319 g/mol. The number of ether oxygens (including phenoxy) is 1. The van der Waals surface area contributed by atoms with Crippen LogP contribution in [-0.4, -0.2) is 34.3 Å². The highest BCUT2D eigenvalue weighted by Crippen LogP contribution is 2.43. The second-order valence-corrected chi connectivity index (χ2v) is 7.50. The zero-order valence-corrected chi connectivity index (χ0v) is 14.5. The maximum absolute atomic E-state index is 10.2. The average Bonchev–Trinajstić information content (AvgIpc) is 3.02. The van der Waals surface area contributed by atoms with E-state index in [1.54, 1.807) is 46.0 Å². The molecule has 2 fully saturated rings. The number of carbonyl (C=O) groups is 1. The van der Waals surface area contributed by atoms with Crippen LogP contribution in [0.4, 0.5) is 0 Å². The summed E-state index contributed by atoms with van der Waals surface area (Å²) in [4.78, 5) is 10.2. The molecule has 2 aliphatic rings. The van der Waals surface area contributed by atoms with Crippen molar-refractivity contribution in [2.24, 2.45) is 11.8 Å². The largest absolute Gasteiger partial charge is 0.466 e. The summed E-state index contributed by atoms with van der Waals surface area (Å²) >= 11 is 0. The van der Waals surface area contributed by atoms with Gasteiger partial charge in [0.15, 0.2) is 0 Å². The van der Waals surface area contributed by atoms with Crippen LogP contribution in [0, 0.1) is 11.8 Å². The molecule has 0 aromatic carbocycles. The monoisotopic (exact) mass is 319 g/mol. The van der Waals surface area contributed by atoms with Crippen molar-refractivity contribution >= 4 is 16.0 Å². The molecule has 2 aliphatic carbocycles. The third-order valence-electron chi connectivity index (χ3n) is 3.57. The van der Waals surface area contributed by atoms with Crippen LogP contribution in [0.2, 0.25) is 0 Å². The molecule has 5 nitrogen and oxygen atoms in total. The highest BCUT2D eigenvalue weighted by atomic mass is 32.2. The highest BCUT2D eigenvalue weighted by Gasteiger charge is 2.30. The molecule has 0 aromatic rings. The lowest BCUT2D eigenvalue weighted by atomic mass is 10.0. The van der Waals surface area contributed by atoms with Crippen molar-refractivity contribution in [2.45, 2.75) is 46.0 Å². The van der Waals surface area contributed by atoms with Crippen LogP contribution in [0.15, 0.2) is 12.2 Å². The van der Waals surface area contributed by atoms with Crippen LogP contribution in [0.5, 0.6) is 0 Å². The highest BCUT2D eigenvalue weighted by molar-refractivity contribution is 7.88.